The smallest absolute Gasteiger partial charge is 0.336 e. The number of carbonyl (C=O) groups is 1. The summed E-state index contributed by atoms with van der Waals surface area (Å²) < 4.78 is 0. The topological polar surface area (TPSA) is 52.6 Å². The fourth-order valence-electron chi connectivity index (χ4n) is 2.81. The van der Waals surface area contributed by atoms with Crippen LogP contribution >= 0.6 is 0 Å². The lowest BCUT2D eigenvalue weighted by Gasteiger charge is -2.32. The first-order valence-corrected chi connectivity index (χ1v) is 7.47. The molecule has 20 heavy (non-hydrogen) atoms. The van der Waals surface area contributed by atoms with Crippen molar-refractivity contribution in [2.75, 3.05) is 19.6 Å². The molecule has 0 unspecified atom stereocenters. The molecule has 1 heterocycles. The van der Waals surface area contributed by atoms with E-state index in [1.54, 1.807) is 12.1 Å². The van der Waals surface area contributed by atoms with E-state index in [-0.39, 0.29) is 0 Å². The molecule has 1 fully saturated rings. The minimum Gasteiger partial charge on any atom is -0.478 e. The molecule has 2 N–H and O–H groups in total. The first-order valence-electron chi connectivity index (χ1n) is 7.47. The summed E-state index contributed by atoms with van der Waals surface area (Å²) in [6, 6.07) is 7.74. The molecule has 0 saturated carbocycles. The van der Waals surface area contributed by atoms with Crippen molar-refractivity contribution in [3.8, 4) is 0 Å². The monoisotopic (exact) mass is 276 g/mol. The van der Waals surface area contributed by atoms with Gasteiger partial charge in [-0.25, -0.2) is 4.79 Å². The number of nitrogens with zero attached hydrogens (tertiary/aromatic N) is 1. The molecule has 110 valence electrons. The maximum Gasteiger partial charge on any atom is 0.336 e. The van der Waals surface area contributed by atoms with E-state index < -0.39 is 5.97 Å². The van der Waals surface area contributed by atoms with E-state index in [4.69, 9.17) is 5.11 Å². The summed E-state index contributed by atoms with van der Waals surface area (Å²) in [5.74, 6) is -0.847. The minimum atomic E-state index is -0.847. The van der Waals surface area contributed by atoms with Crippen molar-refractivity contribution in [1.29, 1.82) is 0 Å². The van der Waals surface area contributed by atoms with Crippen LogP contribution in [-0.2, 0) is 6.54 Å². The van der Waals surface area contributed by atoms with Crippen LogP contribution in [0.1, 0.15) is 42.1 Å². The van der Waals surface area contributed by atoms with Crippen LogP contribution in [0, 0.1) is 0 Å². The lowest BCUT2D eigenvalue weighted by atomic mass is 10.0. The highest BCUT2D eigenvalue weighted by atomic mass is 16.4. The van der Waals surface area contributed by atoms with Gasteiger partial charge in [-0.3, -0.25) is 0 Å². The van der Waals surface area contributed by atoms with Gasteiger partial charge in [-0.05, 0) is 50.5 Å². The third-order valence-corrected chi connectivity index (χ3v) is 3.96. The van der Waals surface area contributed by atoms with Crippen molar-refractivity contribution in [2.24, 2.45) is 0 Å². The lowest BCUT2D eigenvalue weighted by Crippen LogP contribution is -2.42. The van der Waals surface area contributed by atoms with E-state index in [1.807, 2.05) is 12.1 Å². The number of aromatic carboxylic acids is 1. The molecule has 1 aromatic rings. The van der Waals surface area contributed by atoms with Gasteiger partial charge in [0.25, 0.3) is 0 Å². The van der Waals surface area contributed by atoms with Crippen molar-refractivity contribution in [2.45, 2.75) is 38.8 Å². The highest BCUT2D eigenvalue weighted by Gasteiger charge is 2.18. The Morgan fingerprint density at radius 1 is 1.35 bits per heavy atom. The molecule has 0 atom stereocenters. The van der Waals surface area contributed by atoms with Gasteiger partial charge in [0.2, 0.25) is 0 Å². The van der Waals surface area contributed by atoms with Crippen LogP contribution < -0.4 is 5.32 Å². The van der Waals surface area contributed by atoms with Crippen molar-refractivity contribution in [3.05, 3.63) is 35.4 Å². The van der Waals surface area contributed by atoms with Crippen LogP contribution in [0.4, 0.5) is 0 Å². The number of carboxylic acid groups (broad SMARTS) is 1. The maximum absolute atomic E-state index is 11.2. The number of hydrogen-bond donors (Lipinski definition) is 2. The van der Waals surface area contributed by atoms with Crippen LogP contribution in [0.5, 0.6) is 0 Å². The average Bonchev–Trinajstić information content (AvgIpc) is 2.47. The molecule has 1 aliphatic heterocycles. The number of likely N-dealkylation sites (tertiary alicyclic amines) is 1. The average molecular weight is 276 g/mol. The largest absolute Gasteiger partial charge is 0.478 e. The second kappa shape index (κ2) is 7.41. The van der Waals surface area contributed by atoms with Crippen LogP contribution in [0.25, 0.3) is 0 Å². The third kappa shape index (κ3) is 4.05. The van der Waals surface area contributed by atoms with E-state index in [1.165, 1.54) is 13.0 Å². The van der Waals surface area contributed by atoms with Crippen molar-refractivity contribution < 1.29 is 9.90 Å². The van der Waals surface area contributed by atoms with Crippen LogP contribution in [0.15, 0.2) is 24.3 Å². The molecule has 0 spiro atoms. The van der Waals surface area contributed by atoms with Gasteiger partial charge in [-0.15, -0.1) is 0 Å². The fourth-order valence-corrected chi connectivity index (χ4v) is 2.81. The zero-order chi connectivity index (χ0) is 14.4. The maximum atomic E-state index is 11.2. The molecule has 1 aromatic carbocycles. The van der Waals surface area contributed by atoms with Gasteiger partial charge in [-0.1, -0.05) is 25.1 Å². The minimum absolute atomic E-state index is 0.406. The Kier molecular flexibility index (Phi) is 5.56. The third-order valence-electron chi connectivity index (χ3n) is 3.96. The zero-order valence-electron chi connectivity index (χ0n) is 12.1. The molecule has 0 aliphatic carbocycles. The summed E-state index contributed by atoms with van der Waals surface area (Å²) in [4.78, 5) is 13.7. The van der Waals surface area contributed by atoms with E-state index in [0.29, 0.717) is 18.2 Å². The van der Waals surface area contributed by atoms with Crippen LogP contribution in [0.3, 0.4) is 0 Å². The number of benzene rings is 1. The van der Waals surface area contributed by atoms with E-state index in [2.05, 4.69) is 17.1 Å². The summed E-state index contributed by atoms with van der Waals surface area (Å²) in [6.07, 6.45) is 3.51. The highest BCUT2D eigenvalue weighted by Crippen LogP contribution is 2.13. The van der Waals surface area contributed by atoms with Crippen molar-refractivity contribution in [1.82, 2.24) is 10.2 Å². The predicted molar refractivity (Wildman–Crippen MR) is 80.0 cm³/mol. The Balaban J connectivity index is 1.83. The fraction of sp³-hybridized carbons (Fsp3) is 0.562. The van der Waals surface area contributed by atoms with Crippen LogP contribution in [0.2, 0.25) is 0 Å². The molecule has 0 aromatic heterocycles. The SMILES string of the molecule is CCCN1CCC(NCc2ccccc2C(=O)O)CC1. The predicted octanol–water partition coefficient (Wildman–Crippen LogP) is 2.35. The van der Waals surface area contributed by atoms with Crippen molar-refractivity contribution in [3.63, 3.8) is 0 Å². The molecule has 4 nitrogen and oxygen atoms in total. The second-order valence-corrected chi connectivity index (χ2v) is 5.46. The quantitative estimate of drug-likeness (QED) is 0.837. The normalized spacial score (nSPS) is 17.2. The summed E-state index contributed by atoms with van der Waals surface area (Å²) in [7, 11) is 0. The standard InChI is InChI=1S/C16H24N2O2/c1-2-9-18-10-7-14(8-11-18)17-12-13-5-3-4-6-15(13)16(19)20/h3-6,14,17H,2,7-12H2,1H3,(H,19,20). The molecule has 1 aliphatic rings. The highest BCUT2D eigenvalue weighted by molar-refractivity contribution is 5.89. The van der Waals surface area contributed by atoms with Gasteiger partial charge < -0.3 is 15.3 Å². The Bertz CT molecular complexity index is 440. The Morgan fingerprint density at radius 3 is 2.70 bits per heavy atom. The number of rotatable bonds is 6. The number of nitrogens with one attached hydrogen (secondary N) is 1. The first kappa shape index (κ1) is 15.0. The number of piperidine rings is 1. The number of hydrogen-bond acceptors (Lipinski definition) is 3. The molecule has 0 amide bonds. The summed E-state index contributed by atoms with van der Waals surface area (Å²) in [5, 5.41) is 12.7. The van der Waals surface area contributed by atoms with Gasteiger partial charge >= 0.3 is 5.97 Å². The number of carboxylic acids is 1. The molecule has 0 radical (unpaired) electrons. The van der Waals surface area contributed by atoms with Gasteiger partial charge in [0.15, 0.2) is 0 Å². The molecule has 4 heteroatoms. The zero-order valence-corrected chi connectivity index (χ0v) is 12.1. The van der Waals surface area contributed by atoms with E-state index in [9.17, 15) is 4.79 Å². The van der Waals surface area contributed by atoms with Crippen LogP contribution in [-0.4, -0.2) is 41.7 Å². The summed E-state index contributed by atoms with van der Waals surface area (Å²) >= 11 is 0. The Morgan fingerprint density at radius 2 is 2.05 bits per heavy atom. The van der Waals surface area contributed by atoms with Gasteiger partial charge in [0, 0.05) is 12.6 Å². The van der Waals surface area contributed by atoms with Crippen molar-refractivity contribution >= 4 is 5.97 Å². The molecular formula is C16H24N2O2. The first-order chi connectivity index (χ1) is 9.70. The van der Waals surface area contributed by atoms with Gasteiger partial charge in [0.1, 0.15) is 0 Å². The van der Waals surface area contributed by atoms with Gasteiger partial charge in [-0.2, -0.15) is 0 Å². The second-order valence-electron chi connectivity index (χ2n) is 5.46. The summed E-state index contributed by atoms with van der Waals surface area (Å²) in [5.41, 5.74) is 1.28. The van der Waals surface area contributed by atoms with E-state index in [0.717, 1.165) is 31.5 Å². The molecule has 1 saturated heterocycles. The lowest BCUT2D eigenvalue weighted by molar-refractivity contribution is 0.0695. The Hall–Kier alpha value is -1.39. The van der Waals surface area contributed by atoms with E-state index >= 15 is 0 Å². The Labute approximate surface area is 120 Å². The molecule has 0 bridgehead atoms. The summed E-state index contributed by atoms with van der Waals surface area (Å²) in [6.45, 7) is 6.33. The molecule has 2 rings (SSSR count). The molecular weight excluding hydrogens is 252 g/mol. The van der Waals surface area contributed by atoms with Gasteiger partial charge in [0.05, 0.1) is 5.56 Å².